The number of carboxylic acids is 1. The number of aromatic carboxylic acids is 1. The van der Waals surface area contributed by atoms with Crippen molar-refractivity contribution in [2.75, 3.05) is 0 Å². The number of carboxylic acid groups (broad SMARTS) is 1. The molecule has 0 radical (unpaired) electrons. The average molecular weight is 379 g/mol. The van der Waals surface area contributed by atoms with Crippen LogP contribution < -0.4 is 0 Å². The summed E-state index contributed by atoms with van der Waals surface area (Å²) in [6.07, 6.45) is 0. The summed E-state index contributed by atoms with van der Waals surface area (Å²) in [5.74, 6) is -1.41. The summed E-state index contributed by atoms with van der Waals surface area (Å²) >= 11 is 0. The van der Waals surface area contributed by atoms with Gasteiger partial charge in [-0.2, -0.15) is 0 Å². The monoisotopic (exact) mass is 379 g/mol. The molecular weight excluding hydrogens is 362 g/mol. The van der Waals surface area contributed by atoms with Crippen molar-refractivity contribution < 1.29 is 15.0 Å². The summed E-state index contributed by atoms with van der Waals surface area (Å²) in [4.78, 5) is 11.6. The Hall–Kier alpha value is -4.05. The van der Waals surface area contributed by atoms with Crippen molar-refractivity contribution >= 4 is 27.6 Å². The molecule has 5 aromatic rings. The maximum absolute atomic E-state index is 11.6. The Morgan fingerprint density at radius 1 is 0.724 bits per heavy atom. The number of fused-ring (bicyclic) bond motifs is 2. The van der Waals surface area contributed by atoms with Crippen LogP contribution >= 0.6 is 0 Å². The molecule has 0 bridgehead atoms. The first-order valence-corrected chi connectivity index (χ1v) is 9.28. The second-order valence-electron chi connectivity index (χ2n) is 7.00. The number of hydrogen-bond acceptors (Lipinski definition) is 2. The van der Waals surface area contributed by atoms with E-state index in [-0.39, 0.29) is 11.3 Å². The largest absolute Gasteiger partial charge is 0.507 e. The highest BCUT2D eigenvalue weighted by Crippen LogP contribution is 2.35. The van der Waals surface area contributed by atoms with Gasteiger partial charge in [0.2, 0.25) is 0 Å². The lowest BCUT2D eigenvalue weighted by Crippen LogP contribution is -2.02. The highest BCUT2D eigenvalue weighted by molar-refractivity contribution is 6.00. The van der Waals surface area contributed by atoms with Crippen LogP contribution in [0.3, 0.4) is 0 Å². The zero-order valence-electron chi connectivity index (χ0n) is 15.4. The molecule has 0 saturated heterocycles. The van der Waals surface area contributed by atoms with E-state index in [9.17, 15) is 15.0 Å². The van der Waals surface area contributed by atoms with Crippen LogP contribution in [0.4, 0.5) is 0 Å². The Balaban J connectivity index is 1.88. The first kappa shape index (κ1) is 17.1. The molecule has 0 amide bonds. The standard InChI is InChI=1S/C25H17NO3/c27-24-11-10-20(15-21(24)25(28)29)26-22(16-6-2-1-3-7-16)14-19-12-17-8-4-5-9-18(17)13-23(19)26/h1-15,27H,(H,28,29). The summed E-state index contributed by atoms with van der Waals surface area (Å²) in [6.45, 7) is 0. The minimum Gasteiger partial charge on any atom is -0.507 e. The topological polar surface area (TPSA) is 62.5 Å². The van der Waals surface area contributed by atoms with Crippen LogP contribution in [0.15, 0.2) is 91.0 Å². The molecule has 0 aliphatic rings. The Labute approximate surface area is 166 Å². The lowest BCUT2D eigenvalue weighted by Gasteiger charge is -2.13. The molecule has 29 heavy (non-hydrogen) atoms. The number of aromatic nitrogens is 1. The highest BCUT2D eigenvalue weighted by Gasteiger charge is 2.16. The number of benzene rings is 4. The molecule has 0 spiro atoms. The second kappa shape index (κ2) is 6.53. The van der Waals surface area contributed by atoms with Crippen molar-refractivity contribution in [1.29, 1.82) is 0 Å². The minimum absolute atomic E-state index is 0.121. The lowest BCUT2D eigenvalue weighted by molar-refractivity contribution is 0.0693. The molecule has 4 aromatic carbocycles. The molecule has 1 aromatic heterocycles. The highest BCUT2D eigenvalue weighted by atomic mass is 16.4. The summed E-state index contributed by atoms with van der Waals surface area (Å²) in [5, 5.41) is 22.7. The van der Waals surface area contributed by atoms with E-state index in [1.54, 1.807) is 6.07 Å². The van der Waals surface area contributed by atoms with E-state index in [0.29, 0.717) is 5.69 Å². The van der Waals surface area contributed by atoms with Gasteiger partial charge >= 0.3 is 5.97 Å². The number of phenols is 1. The minimum atomic E-state index is -1.16. The predicted molar refractivity (Wildman–Crippen MR) is 115 cm³/mol. The normalized spacial score (nSPS) is 11.2. The van der Waals surface area contributed by atoms with E-state index in [0.717, 1.165) is 32.9 Å². The zero-order valence-corrected chi connectivity index (χ0v) is 15.4. The third-order valence-electron chi connectivity index (χ3n) is 5.21. The number of hydrogen-bond donors (Lipinski definition) is 2. The number of nitrogens with zero attached hydrogens (tertiary/aromatic N) is 1. The van der Waals surface area contributed by atoms with Gasteiger partial charge in [0.1, 0.15) is 11.3 Å². The fraction of sp³-hybridized carbons (Fsp3) is 0. The van der Waals surface area contributed by atoms with E-state index in [4.69, 9.17) is 0 Å². The summed E-state index contributed by atoms with van der Waals surface area (Å²) in [5.41, 5.74) is 3.52. The van der Waals surface area contributed by atoms with Gasteiger partial charge in [-0.25, -0.2) is 4.79 Å². The fourth-order valence-corrected chi connectivity index (χ4v) is 3.83. The van der Waals surface area contributed by atoms with Crippen LogP contribution in [-0.2, 0) is 0 Å². The van der Waals surface area contributed by atoms with E-state index in [2.05, 4.69) is 30.3 Å². The van der Waals surface area contributed by atoms with Gasteiger partial charge in [0.25, 0.3) is 0 Å². The van der Waals surface area contributed by atoms with Crippen molar-refractivity contribution in [1.82, 2.24) is 4.57 Å². The first-order chi connectivity index (χ1) is 14.1. The molecule has 140 valence electrons. The van der Waals surface area contributed by atoms with Gasteiger partial charge in [-0.3, -0.25) is 0 Å². The SMILES string of the molecule is O=C(O)c1cc(-n2c(-c3ccccc3)cc3cc4ccccc4cc32)ccc1O. The van der Waals surface area contributed by atoms with Crippen molar-refractivity contribution in [3.05, 3.63) is 96.6 Å². The Kier molecular flexibility index (Phi) is 3.85. The molecule has 5 rings (SSSR count). The first-order valence-electron chi connectivity index (χ1n) is 9.28. The molecular formula is C25H17NO3. The van der Waals surface area contributed by atoms with Crippen molar-refractivity contribution in [3.63, 3.8) is 0 Å². The molecule has 0 unspecified atom stereocenters. The van der Waals surface area contributed by atoms with E-state index < -0.39 is 5.97 Å². The van der Waals surface area contributed by atoms with E-state index >= 15 is 0 Å². The van der Waals surface area contributed by atoms with Crippen molar-refractivity contribution in [2.45, 2.75) is 0 Å². The Morgan fingerprint density at radius 2 is 1.41 bits per heavy atom. The van der Waals surface area contributed by atoms with E-state index in [1.807, 2.05) is 47.0 Å². The van der Waals surface area contributed by atoms with Gasteiger partial charge in [-0.05, 0) is 52.7 Å². The Bertz CT molecular complexity index is 1380. The smallest absolute Gasteiger partial charge is 0.339 e. The average Bonchev–Trinajstić information content (AvgIpc) is 3.11. The molecule has 2 N–H and O–H groups in total. The fourth-order valence-electron chi connectivity index (χ4n) is 3.83. The van der Waals surface area contributed by atoms with Gasteiger partial charge in [-0.15, -0.1) is 0 Å². The predicted octanol–water partition coefficient (Wildman–Crippen LogP) is 5.85. The van der Waals surface area contributed by atoms with Crippen molar-refractivity contribution in [2.24, 2.45) is 0 Å². The molecule has 0 saturated carbocycles. The number of aromatic hydroxyl groups is 1. The van der Waals surface area contributed by atoms with Crippen LogP contribution in [0.5, 0.6) is 5.75 Å². The van der Waals surface area contributed by atoms with Gasteiger partial charge < -0.3 is 14.8 Å². The van der Waals surface area contributed by atoms with Crippen LogP contribution in [0, 0.1) is 0 Å². The van der Waals surface area contributed by atoms with Crippen LogP contribution in [0.25, 0.3) is 38.6 Å². The molecule has 4 nitrogen and oxygen atoms in total. The third-order valence-corrected chi connectivity index (χ3v) is 5.21. The number of rotatable bonds is 3. The summed E-state index contributed by atoms with van der Waals surface area (Å²) in [6, 6.07) is 29.2. The second-order valence-corrected chi connectivity index (χ2v) is 7.00. The van der Waals surface area contributed by atoms with Gasteiger partial charge in [0, 0.05) is 11.1 Å². The van der Waals surface area contributed by atoms with E-state index in [1.165, 1.54) is 12.1 Å². The quantitative estimate of drug-likeness (QED) is 0.413. The third kappa shape index (κ3) is 2.82. The molecule has 4 heteroatoms. The zero-order chi connectivity index (χ0) is 20.0. The molecule has 0 fully saturated rings. The van der Waals surface area contributed by atoms with Crippen molar-refractivity contribution in [3.8, 4) is 22.7 Å². The van der Waals surface area contributed by atoms with Crippen LogP contribution in [0.2, 0.25) is 0 Å². The summed E-state index contributed by atoms with van der Waals surface area (Å²) in [7, 11) is 0. The molecule has 0 aliphatic heterocycles. The van der Waals surface area contributed by atoms with Crippen LogP contribution in [-0.4, -0.2) is 20.7 Å². The maximum atomic E-state index is 11.6. The van der Waals surface area contributed by atoms with Crippen LogP contribution in [0.1, 0.15) is 10.4 Å². The lowest BCUT2D eigenvalue weighted by atomic mass is 10.1. The van der Waals surface area contributed by atoms with Gasteiger partial charge in [0.05, 0.1) is 11.2 Å². The van der Waals surface area contributed by atoms with Gasteiger partial charge in [0.15, 0.2) is 0 Å². The maximum Gasteiger partial charge on any atom is 0.339 e. The Morgan fingerprint density at radius 3 is 2.14 bits per heavy atom. The van der Waals surface area contributed by atoms with Gasteiger partial charge in [-0.1, -0.05) is 54.6 Å². The molecule has 1 heterocycles. The summed E-state index contributed by atoms with van der Waals surface area (Å²) < 4.78 is 2.04. The number of carbonyl (C=O) groups is 1. The molecule has 0 aliphatic carbocycles. The molecule has 0 atom stereocenters.